The van der Waals surface area contributed by atoms with Crippen LogP contribution in [-0.4, -0.2) is 58.6 Å². The van der Waals surface area contributed by atoms with Crippen LogP contribution in [0.15, 0.2) is 60.7 Å². The first kappa shape index (κ1) is 24.9. The molecular formula is C24H25ClN4O5. The van der Waals surface area contributed by atoms with Crippen LogP contribution in [0.3, 0.4) is 0 Å². The standard InChI is InChI=1S/C24H24N4O5.ClH/c25-19(29)15-20(27-12-11-26(23(32)24(27)33)18-9-5-2-6-10-18)28-21(30)13-17(14-22(28)31)16-7-3-1-4-8-16;/h1-10,17,20H,11-15H2,(H2,25,29);1H. The number of rotatable bonds is 6. The van der Waals surface area contributed by atoms with E-state index in [1.165, 1.54) is 4.90 Å². The number of nitrogens with zero attached hydrogens (tertiary/aromatic N) is 3. The van der Waals surface area contributed by atoms with Crippen LogP contribution in [0.1, 0.15) is 30.7 Å². The maximum atomic E-state index is 13.0. The second-order valence-electron chi connectivity index (χ2n) is 8.12. The van der Waals surface area contributed by atoms with Gasteiger partial charge in [-0.1, -0.05) is 48.5 Å². The number of anilines is 1. The minimum atomic E-state index is -1.23. The van der Waals surface area contributed by atoms with Crippen LogP contribution in [0.2, 0.25) is 0 Å². The third-order valence-electron chi connectivity index (χ3n) is 6.01. The lowest BCUT2D eigenvalue weighted by Crippen LogP contribution is -2.64. The number of likely N-dealkylation sites (tertiary alicyclic amines) is 1. The third-order valence-corrected chi connectivity index (χ3v) is 6.01. The molecule has 2 aromatic carbocycles. The molecule has 2 heterocycles. The zero-order chi connectivity index (χ0) is 23.5. The Kier molecular flexibility index (Phi) is 7.68. The molecule has 0 spiro atoms. The quantitative estimate of drug-likeness (QED) is 0.491. The Morgan fingerprint density at radius 1 is 0.853 bits per heavy atom. The van der Waals surface area contributed by atoms with Gasteiger partial charge in [0.15, 0.2) is 0 Å². The number of carbonyl (C=O) groups is 5. The lowest BCUT2D eigenvalue weighted by molar-refractivity contribution is -0.163. The zero-order valence-electron chi connectivity index (χ0n) is 18.3. The van der Waals surface area contributed by atoms with E-state index in [9.17, 15) is 24.0 Å². The van der Waals surface area contributed by atoms with Crippen LogP contribution >= 0.6 is 12.4 Å². The van der Waals surface area contributed by atoms with Crippen molar-refractivity contribution in [1.29, 1.82) is 0 Å². The molecule has 1 unspecified atom stereocenters. The van der Waals surface area contributed by atoms with Crippen molar-refractivity contribution < 1.29 is 24.0 Å². The molecule has 5 amide bonds. The summed E-state index contributed by atoms with van der Waals surface area (Å²) < 4.78 is 0. The largest absolute Gasteiger partial charge is 0.370 e. The first-order valence-corrected chi connectivity index (χ1v) is 10.7. The van der Waals surface area contributed by atoms with Crippen molar-refractivity contribution in [3.8, 4) is 0 Å². The summed E-state index contributed by atoms with van der Waals surface area (Å²) in [6.07, 6.45) is -1.56. The number of carbonyl (C=O) groups excluding carboxylic acids is 5. The molecule has 0 saturated carbocycles. The van der Waals surface area contributed by atoms with Crippen molar-refractivity contribution in [2.24, 2.45) is 5.73 Å². The van der Waals surface area contributed by atoms with E-state index < -0.39 is 42.1 Å². The molecule has 178 valence electrons. The molecule has 9 nitrogen and oxygen atoms in total. The van der Waals surface area contributed by atoms with Gasteiger partial charge in [0.25, 0.3) is 0 Å². The Balaban J connectivity index is 0.00000324. The SMILES string of the molecule is Cl.NC(=O)CC(N1CCN(c2ccccc2)C(=O)C1=O)N1C(=O)CC(c2ccccc2)CC1=O. The van der Waals surface area contributed by atoms with E-state index in [0.29, 0.717) is 5.69 Å². The first-order valence-electron chi connectivity index (χ1n) is 10.7. The minimum Gasteiger partial charge on any atom is -0.370 e. The predicted molar refractivity (Wildman–Crippen MR) is 126 cm³/mol. The van der Waals surface area contributed by atoms with E-state index in [0.717, 1.165) is 15.4 Å². The number of para-hydroxylation sites is 1. The van der Waals surface area contributed by atoms with E-state index >= 15 is 0 Å². The normalized spacial score (nSPS) is 18.1. The Hall–Kier alpha value is -3.72. The summed E-state index contributed by atoms with van der Waals surface area (Å²) in [6.45, 7) is 0.212. The number of hydrogen-bond donors (Lipinski definition) is 1. The van der Waals surface area contributed by atoms with Crippen molar-refractivity contribution in [3.63, 3.8) is 0 Å². The Labute approximate surface area is 202 Å². The summed E-state index contributed by atoms with van der Waals surface area (Å²) in [7, 11) is 0. The van der Waals surface area contributed by atoms with Crippen molar-refractivity contribution >= 4 is 47.6 Å². The average Bonchev–Trinajstić information content (AvgIpc) is 2.80. The lowest BCUT2D eigenvalue weighted by atomic mass is 9.88. The van der Waals surface area contributed by atoms with Gasteiger partial charge in [0.1, 0.15) is 6.17 Å². The van der Waals surface area contributed by atoms with Crippen LogP contribution in [-0.2, 0) is 24.0 Å². The Morgan fingerprint density at radius 2 is 1.41 bits per heavy atom. The van der Waals surface area contributed by atoms with E-state index in [4.69, 9.17) is 5.73 Å². The van der Waals surface area contributed by atoms with Crippen molar-refractivity contribution in [3.05, 3.63) is 66.2 Å². The molecule has 34 heavy (non-hydrogen) atoms. The fourth-order valence-corrected chi connectivity index (χ4v) is 4.43. The number of halogens is 1. The summed E-state index contributed by atoms with van der Waals surface area (Å²) in [5.41, 5.74) is 6.83. The molecule has 0 aromatic heterocycles. The highest BCUT2D eigenvalue weighted by Crippen LogP contribution is 2.32. The van der Waals surface area contributed by atoms with Gasteiger partial charge in [-0.25, -0.2) is 0 Å². The number of primary amides is 1. The van der Waals surface area contributed by atoms with Gasteiger partial charge < -0.3 is 15.5 Å². The van der Waals surface area contributed by atoms with Crippen LogP contribution in [0, 0.1) is 0 Å². The number of hydrogen-bond acceptors (Lipinski definition) is 5. The number of imide groups is 1. The molecule has 2 aliphatic rings. The number of amides is 5. The summed E-state index contributed by atoms with van der Waals surface area (Å²) in [4.78, 5) is 67.1. The third kappa shape index (κ3) is 4.94. The zero-order valence-corrected chi connectivity index (χ0v) is 19.1. The average molecular weight is 485 g/mol. The fourth-order valence-electron chi connectivity index (χ4n) is 4.43. The molecule has 2 fully saturated rings. The van der Waals surface area contributed by atoms with Gasteiger partial charge >= 0.3 is 11.8 Å². The van der Waals surface area contributed by atoms with E-state index in [1.54, 1.807) is 30.3 Å². The fraction of sp³-hybridized carbons (Fsp3) is 0.292. The van der Waals surface area contributed by atoms with E-state index in [1.807, 2.05) is 30.3 Å². The van der Waals surface area contributed by atoms with Gasteiger partial charge in [0, 0.05) is 37.5 Å². The highest BCUT2D eigenvalue weighted by molar-refractivity contribution is 6.41. The molecule has 10 heteroatoms. The summed E-state index contributed by atoms with van der Waals surface area (Å²) in [6, 6.07) is 18.0. The summed E-state index contributed by atoms with van der Waals surface area (Å²) in [5, 5.41) is 0. The summed E-state index contributed by atoms with van der Waals surface area (Å²) in [5.74, 6) is -3.75. The van der Waals surface area contributed by atoms with Gasteiger partial charge in [-0.05, 0) is 17.7 Å². The Morgan fingerprint density at radius 3 is 1.97 bits per heavy atom. The van der Waals surface area contributed by atoms with Crippen LogP contribution < -0.4 is 10.6 Å². The number of piperazine rings is 1. The van der Waals surface area contributed by atoms with Gasteiger partial charge in [-0.15, -0.1) is 12.4 Å². The lowest BCUT2D eigenvalue weighted by Gasteiger charge is -2.43. The molecular weight excluding hydrogens is 460 g/mol. The molecule has 2 saturated heterocycles. The maximum absolute atomic E-state index is 13.0. The van der Waals surface area contributed by atoms with Gasteiger partial charge in [0.2, 0.25) is 17.7 Å². The first-order chi connectivity index (χ1) is 15.9. The molecule has 0 bridgehead atoms. The topological polar surface area (TPSA) is 121 Å². The predicted octanol–water partition coefficient (Wildman–Crippen LogP) is 1.42. The smallest absolute Gasteiger partial charge is 0.316 e. The molecule has 2 aromatic rings. The second-order valence-corrected chi connectivity index (χ2v) is 8.12. The second kappa shape index (κ2) is 10.5. The van der Waals surface area contributed by atoms with E-state index in [-0.39, 0.29) is 44.3 Å². The number of benzene rings is 2. The molecule has 1 atom stereocenters. The molecule has 0 radical (unpaired) electrons. The van der Waals surface area contributed by atoms with Crippen molar-refractivity contribution in [2.75, 3.05) is 18.0 Å². The highest BCUT2D eigenvalue weighted by atomic mass is 35.5. The number of piperidine rings is 1. The molecule has 0 aliphatic carbocycles. The van der Waals surface area contributed by atoms with Crippen LogP contribution in [0.5, 0.6) is 0 Å². The van der Waals surface area contributed by atoms with Gasteiger partial charge in [0.05, 0.1) is 6.42 Å². The van der Waals surface area contributed by atoms with E-state index in [2.05, 4.69) is 0 Å². The molecule has 2 N–H and O–H groups in total. The Bertz CT molecular complexity index is 1080. The maximum Gasteiger partial charge on any atom is 0.316 e. The van der Waals surface area contributed by atoms with Crippen LogP contribution in [0.25, 0.3) is 0 Å². The van der Waals surface area contributed by atoms with Gasteiger partial charge in [-0.2, -0.15) is 0 Å². The monoisotopic (exact) mass is 484 g/mol. The summed E-state index contributed by atoms with van der Waals surface area (Å²) >= 11 is 0. The highest BCUT2D eigenvalue weighted by Gasteiger charge is 2.45. The minimum absolute atomic E-state index is 0. The van der Waals surface area contributed by atoms with Crippen LogP contribution in [0.4, 0.5) is 5.69 Å². The van der Waals surface area contributed by atoms with Crippen molar-refractivity contribution in [1.82, 2.24) is 9.80 Å². The van der Waals surface area contributed by atoms with Gasteiger partial charge in [-0.3, -0.25) is 28.9 Å². The molecule has 2 aliphatic heterocycles. The number of nitrogens with two attached hydrogens (primary N) is 1. The van der Waals surface area contributed by atoms with Crippen molar-refractivity contribution in [2.45, 2.75) is 31.3 Å². The molecule has 4 rings (SSSR count).